The number of hydrogen-bond donors (Lipinski definition) is 3. The lowest BCUT2D eigenvalue weighted by molar-refractivity contribution is 0.0697. The van der Waals surface area contributed by atoms with Crippen LogP contribution in [0.5, 0.6) is 0 Å². The van der Waals surface area contributed by atoms with Crippen molar-refractivity contribution in [1.82, 2.24) is 5.32 Å². The number of anilines is 1. The van der Waals surface area contributed by atoms with E-state index in [9.17, 15) is 9.59 Å². The Hall–Kier alpha value is -1.75. The van der Waals surface area contributed by atoms with Crippen molar-refractivity contribution in [2.45, 2.75) is 38.6 Å². The Kier molecular flexibility index (Phi) is 5.07. The molecule has 114 valence electrons. The first-order valence-electron chi connectivity index (χ1n) is 7.10. The molecule has 0 aliphatic heterocycles. The number of urea groups is 1. The van der Waals surface area contributed by atoms with Crippen molar-refractivity contribution in [3.63, 3.8) is 0 Å². The third-order valence-corrected chi connectivity index (χ3v) is 3.91. The molecule has 1 aromatic carbocycles. The molecule has 2 rings (SSSR count). The summed E-state index contributed by atoms with van der Waals surface area (Å²) in [6, 6.07) is 4.22. The molecule has 0 bridgehead atoms. The number of hydrogen-bond acceptors (Lipinski definition) is 2. The predicted molar refractivity (Wildman–Crippen MR) is 82.0 cm³/mol. The van der Waals surface area contributed by atoms with Gasteiger partial charge in [0.1, 0.15) is 0 Å². The normalized spacial score (nSPS) is 15.3. The molecule has 3 N–H and O–H groups in total. The topological polar surface area (TPSA) is 78.4 Å². The van der Waals surface area contributed by atoms with Gasteiger partial charge in [-0.2, -0.15) is 0 Å². The predicted octanol–water partition coefficient (Wildman–Crippen LogP) is 3.74. The van der Waals surface area contributed by atoms with Crippen LogP contribution in [0.25, 0.3) is 0 Å². The molecule has 1 saturated carbocycles. The van der Waals surface area contributed by atoms with Gasteiger partial charge in [0, 0.05) is 11.7 Å². The maximum atomic E-state index is 11.9. The smallest absolute Gasteiger partial charge is 0.337 e. The van der Waals surface area contributed by atoms with E-state index in [2.05, 4.69) is 10.6 Å². The van der Waals surface area contributed by atoms with Crippen LogP contribution < -0.4 is 10.6 Å². The van der Waals surface area contributed by atoms with Crippen molar-refractivity contribution in [2.24, 2.45) is 5.92 Å². The van der Waals surface area contributed by atoms with Crippen molar-refractivity contribution in [2.75, 3.05) is 5.32 Å². The summed E-state index contributed by atoms with van der Waals surface area (Å²) in [6.45, 7) is 2.05. The number of nitrogens with one attached hydrogen (secondary N) is 2. The average molecular weight is 311 g/mol. The van der Waals surface area contributed by atoms with E-state index in [-0.39, 0.29) is 22.7 Å². The van der Waals surface area contributed by atoms with Gasteiger partial charge >= 0.3 is 12.0 Å². The van der Waals surface area contributed by atoms with Crippen molar-refractivity contribution >= 4 is 29.3 Å². The zero-order valence-corrected chi connectivity index (χ0v) is 12.6. The molecule has 0 heterocycles. The molecule has 21 heavy (non-hydrogen) atoms. The highest BCUT2D eigenvalue weighted by molar-refractivity contribution is 6.33. The lowest BCUT2D eigenvalue weighted by Gasteiger charge is -2.17. The lowest BCUT2D eigenvalue weighted by atomic mass is 10.1. The fourth-order valence-electron chi connectivity index (χ4n) is 2.20. The third-order valence-electron chi connectivity index (χ3n) is 3.60. The summed E-state index contributed by atoms with van der Waals surface area (Å²) in [7, 11) is 0. The molecule has 1 unspecified atom stereocenters. The van der Waals surface area contributed by atoms with Gasteiger partial charge in [0.05, 0.1) is 10.6 Å². The monoisotopic (exact) mass is 310 g/mol. The van der Waals surface area contributed by atoms with Gasteiger partial charge in [-0.25, -0.2) is 9.59 Å². The summed E-state index contributed by atoms with van der Waals surface area (Å²) in [6.07, 6.45) is 4.42. The zero-order chi connectivity index (χ0) is 15.4. The lowest BCUT2D eigenvalue weighted by Crippen LogP contribution is -2.37. The molecule has 1 aromatic rings. The van der Waals surface area contributed by atoms with Gasteiger partial charge in [0.15, 0.2) is 0 Å². The molecule has 1 fully saturated rings. The van der Waals surface area contributed by atoms with Gasteiger partial charge in [-0.15, -0.1) is 0 Å². The first-order valence-corrected chi connectivity index (χ1v) is 7.47. The maximum absolute atomic E-state index is 11.9. The molecule has 2 amide bonds. The number of carboxylic acids is 1. The van der Waals surface area contributed by atoms with E-state index in [0.717, 1.165) is 18.8 Å². The fraction of sp³-hybridized carbons (Fsp3) is 0.467. The summed E-state index contributed by atoms with van der Waals surface area (Å²) >= 11 is 5.87. The van der Waals surface area contributed by atoms with Crippen LogP contribution in [-0.2, 0) is 0 Å². The summed E-state index contributed by atoms with van der Waals surface area (Å²) < 4.78 is 0. The van der Waals surface area contributed by atoms with E-state index >= 15 is 0 Å². The van der Waals surface area contributed by atoms with Gasteiger partial charge in [0.2, 0.25) is 0 Å². The molecule has 0 spiro atoms. The number of carbonyl (C=O) groups excluding carboxylic acids is 1. The molecule has 5 nitrogen and oxygen atoms in total. The van der Waals surface area contributed by atoms with Crippen LogP contribution in [0.3, 0.4) is 0 Å². The molecule has 1 atom stereocenters. The molecule has 1 aliphatic rings. The van der Waals surface area contributed by atoms with Crippen molar-refractivity contribution in [3.05, 3.63) is 28.8 Å². The second-order valence-electron chi connectivity index (χ2n) is 5.38. The van der Waals surface area contributed by atoms with Crippen LogP contribution >= 0.6 is 11.6 Å². The van der Waals surface area contributed by atoms with Crippen LogP contribution in [0, 0.1) is 5.92 Å². The second-order valence-corrected chi connectivity index (χ2v) is 5.79. The summed E-state index contributed by atoms with van der Waals surface area (Å²) in [5.74, 6) is -0.342. The molecule has 6 heteroatoms. The van der Waals surface area contributed by atoms with E-state index in [1.54, 1.807) is 0 Å². The quantitative estimate of drug-likeness (QED) is 0.749. The average Bonchev–Trinajstić information content (AvgIpc) is 3.21. The summed E-state index contributed by atoms with van der Waals surface area (Å²) in [5.41, 5.74) is 0.492. The zero-order valence-electron chi connectivity index (χ0n) is 11.9. The minimum atomic E-state index is -1.09. The minimum Gasteiger partial charge on any atom is -0.478 e. The van der Waals surface area contributed by atoms with Gasteiger partial charge in [-0.3, -0.25) is 0 Å². The summed E-state index contributed by atoms with van der Waals surface area (Å²) in [5, 5.41) is 14.6. The maximum Gasteiger partial charge on any atom is 0.337 e. The first kappa shape index (κ1) is 15.6. The van der Waals surface area contributed by atoms with E-state index in [4.69, 9.17) is 16.7 Å². The number of halogens is 1. The SMILES string of the molecule is CCC(CC1CC1)NC(=O)Nc1ccc(C(=O)O)c(Cl)c1. The molecule has 0 aromatic heterocycles. The van der Waals surface area contributed by atoms with Crippen LogP contribution in [0.4, 0.5) is 10.5 Å². The van der Waals surface area contributed by atoms with Crippen LogP contribution in [0.2, 0.25) is 5.02 Å². The van der Waals surface area contributed by atoms with Gasteiger partial charge in [-0.1, -0.05) is 31.4 Å². The van der Waals surface area contributed by atoms with Crippen molar-refractivity contribution in [3.8, 4) is 0 Å². The van der Waals surface area contributed by atoms with Crippen LogP contribution in [0.1, 0.15) is 43.0 Å². The number of carbonyl (C=O) groups is 2. The number of aromatic carboxylic acids is 1. The number of amides is 2. The Balaban J connectivity index is 1.92. The van der Waals surface area contributed by atoms with E-state index in [1.807, 2.05) is 6.92 Å². The van der Waals surface area contributed by atoms with Crippen LogP contribution in [-0.4, -0.2) is 23.1 Å². The Morgan fingerprint density at radius 2 is 2.14 bits per heavy atom. The standard InChI is InChI=1S/C15H19ClN2O3/c1-2-10(7-9-3-4-9)17-15(21)18-11-5-6-12(14(19)20)13(16)8-11/h5-6,8-10H,2-4,7H2,1H3,(H,19,20)(H2,17,18,21). The van der Waals surface area contributed by atoms with Crippen molar-refractivity contribution in [1.29, 1.82) is 0 Å². The highest BCUT2D eigenvalue weighted by Gasteiger charge is 2.25. The second kappa shape index (κ2) is 6.80. The number of benzene rings is 1. The highest BCUT2D eigenvalue weighted by atomic mass is 35.5. The fourth-order valence-corrected chi connectivity index (χ4v) is 2.46. The Bertz CT molecular complexity index is 544. The van der Waals surface area contributed by atoms with E-state index in [0.29, 0.717) is 5.69 Å². The number of carboxylic acid groups (broad SMARTS) is 1. The van der Waals surface area contributed by atoms with Crippen molar-refractivity contribution < 1.29 is 14.7 Å². The largest absolute Gasteiger partial charge is 0.478 e. The molecular weight excluding hydrogens is 292 g/mol. The summed E-state index contributed by atoms with van der Waals surface area (Å²) in [4.78, 5) is 22.8. The Morgan fingerprint density at radius 3 is 2.67 bits per heavy atom. The molecular formula is C15H19ClN2O3. The van der Waals surface area contributed by atoms with Gasteiger partial charge in [-0.05, 0) is 37.0 Å². The van der Waals surface area contributed by atoms with Gasteiger partial charge in [0.25, 0.3) is 0 Å². The third kappa shape index (κ3) is 4.63. The Labute approximate surface area is 128 Å². The first-order chi connectivity index (χ1) is 9.99. The minimum absolute atomic E-state index is 0.0165. The van der Waals surface area contributed by atoms with E-state index in [1.165, 1.54) is 31.0 Å². The van der Waals surface area contributed by atoms with Crippen LogP contribution in [0.15, 0.2) is 18.2 Å². The number of rotatable bonds is 6. The molecule has 1 aliphatic carbocycles. The van der Waals surface area contributed by atoms with E-state index < -0.39 is 5.97 Å². The van der Waals surface area contributed by atoms with Gasteiger partial charge < -0.3 is 15.7 Å². The molecule has 0 radical (unpaired) electrons. The Morgan fingerprint density at radius 1 is 1.43 bits per heavy atom. The molecule has 0 saturated heterocycles. The highest BCUT2D eigenvalue weighted by Crippen LogP contribution is 2.34.